The fourth-order valence-electron chi connectivity index (χ4n) is 3.75. The van der Waals surface area contributed by atoms with Gasteiger partial charge < -0.3 is 18.8 Å². The van der Waals surface area contributed by atoms with Crippen molar-refractivity contribution in [3.8, 4) is 0 Å². The molecule has 146 valence electrons. The molecular weight excluding hydrogens is 378 g/mol. The third-order valence-electron chi connectivity index (χ3n) is 5.31. The Bertz CT molecular complexity index is 1080. The van der Waals surface area contributed by atoms with Crippen LogP contribution in [0.3, 0.4) is 0 Å². The van der Waals surface area contributed by atoms with Gasteiger partial charge in [-0.15, -0.1) is 0 Å². The monoisotopic (exact) mass is 399 g/mol. The second kappa shape index (κ2) is 7.36. The molecule has 0 aliphatic carbocycles. The maximum absolute atomic E-state index is 13.2. The third-order valence-corrected chi connectivity index (χ3v) is 5.56. The fraction of sp³-hybridized carbons (Fsp3) is 0.333. The summed E-state index contributed by atoms with van der Waals surface area (Å²) in [5.74, 6) is 0.351. The molecular formula is C21H22ClN3O3. The van der Waals surface area contributed by atoms with E-state index in [1.165, 1.54) is 0 Å². The number of halogens is 1. The molecule has 0 spiro atoms. The van der Waals surface area contributed by atoms with Crippen LogP contribution < -0.4 is 10.5 Å². The first-order valence-electron chi connectivity index (χ1n) is 9.42. The first-order valence-corrected chi connectivity index (χ1v) is 9.79. The Morgan fingerprint density at radius 2 is 1.79 bits per heavy atom. The topological polar surface area (TPSA) is 58.7 Å². The quantitative estimate of drug-likeness (QED) is 0.676. The van der Waals surface area contributed by atoms with Gasteiger partial charge in [0.05, 0.1) is 10.9 Å². The Balaban J connectivity index is 1.58. The van der Waals surface area contributed by atoms with E-state index in [9.17, 15) is 9.59 Å². The zero-order valence-electron chi connectivity index (χ0n) is 15.9. The van der Waals surface area contributed by atoms with E-state index in [4.69, 9.17) is 16.0 Å². The predicted octanol–water partition coefficient (Wildman–Crippen LogP) is 3.54. The summed E-state index contributed by atoms with van der Waals surface area (Å²) in [6.07, 6.45) is 1.70. The van der Waals surface area contributed by atoms with E-state index >= 15 is 0 Å². The van der Waals surface area contributed by atoms with Gasteiger partial charge in [-0.1, -0.05) is 11.6 Å². The van der Waals surface area contributed by atoms with E-state index in [2.05, 4.69) is 4.90 Å². The molecule has 3 heterocycles. The Morgan fingerprint density at radius 1 is 1.11 bits per heavy atom. The van der Waals surface area contributed by atoms with E-state index < -0.39 is 0 Å². The van der Waals surface area contributed by atoms with Crippen molar-refractivity contribution in [2.75, 3.05) is 31.1 Å². The number of carbonyl (C=O) groups excluding carboxylic acids is 1. The summed E-state index contributed by atoms with van der Waals surface area (Å²) in [5, 5.41) is 1.09. The minimum Gasteiger partial charge on any atom is -0.460 e. The van der Waals surface area contributed by atoms with Gasteiger partial charge in [0.15, 0.2) is 0 Å². The molecule has 1 aliphatic heterocycles. The average Bonchev–Trinajstić information content (AvgIpc) is 3.05. The van der Waals surface area contributed by atoms with Gasteiger partial charge in [0.2, 0.25) is 0 Å². The number of carbonyl (C=O) groups is 1. The molecule has 3 aromatic rings. The number of aromatic nitrogens is 1. The number of rotatable bonds is 3. The molecule has 1 aromatic carbocycles. The first-order chi connectivity index (χ1) is 13.5. The average molecular weight is 400 g/mol. The summed E-state index contributed by atoms with van der Waals surface area (Å²) in [6.45, 7) is 6.81. The number of amides is 1. The first kappa shape index (κ1) is 18.6. The molecule has 1 fully saturated rings. The maximum Gasteiger partial charge on any atom is 0.262 e. The van der Waals surface area contributed by atoms with Gasteiger partial charge in [-0.3, -0.25) is 9.59 Å². The summed E-state index contributed by atoms with van der Waals surface area (Å²) in [7, 11) is 0. The minimum atomic E-state index is -0.181. The predicted molar refractivity (Wildman–Crippen MR) is 110 cm³/mol. The number of fused-ring (bicyclic) bond motifs is 1. The normalized spacial score (nSPS) is 14.7. The highest BCUT2D eigenvalue weighted by molar-refractivity contribution is 6.30. The molecule has 6 nitrogen and oxygen atoms in total. The van der Waals surface area contributed by atoms with Crippen LogP contribution in [0.2, 0.25) is 5.02 Å². The van der Waals surface area contributed by atoms with E-state index in [-0.39, 0.29) is 11.5 Å². The van der Waals surface area contributed by atoms with Gasteiger partial charge in [-0.2, -0.15) is 0 Å². The lowest BCUT2D eigenvalue weighted by molar-refractivity contribution is 0.0746. The van der Waals surface area contributed by atoms with Crippen molar-refractivity contribution < 1.29 is 9.21 Å². The summed E-state index contributed by atoms with van der Waals surface area (Å²) in [4.78, 5) is 30.0. The van der Waals surface area contributed by atoms with E-state index in [1.807, 2.05) is 31.2 Å². The molecule has 0 saturated carbocycles. The molecule has 2 aromatic heterocycles. The fourth-order valence-corrected chi connectivity index (χ4v) is 3.88. The molecule has 4 rings (SSSR count). The molecule has 0 bridgehead atoms. The smallest absolute Gasteiger partial charge is 0.262 e. The largest absolute Gasteiger partial charge is 0.460 e. The highest BCUT2D eigenvalue weighted by Crippen LogP contribution is 2.25. The van der Waals surface area contributed by atoms with Crippen LogP contribution in [-0.2, 0) is 6.54 Å². The molecule has 0 radical (unpaired) electrons. The molecule has 28 heavy (non-hydrogen) atoms. The van der Waals surface area contributed by atoms with Crippen molar-refractivity contribution in [2.24, 2.45) is 0 Å². The van der Waals surface area contributed by atoms with Crippen molar-refractivity contribution in [3.63, 3.8) is 0 Å². The number of nitrogens with zero attached hydrogens (tertiary/aromatic N) is 3. The number of pyridine rings is 1. The number of aryl methyl sites for hydroxylation is 2. The van der Waals surface area contributed by atoms with Crippen molar-refractivity contribution in [3.05, 3.63) is 63.2 Å². The number of furan rings is 1. The number of benzene rings is 1. The Kier molecular flexibility index (Phi) is 4.89. The molecule has 0 atom stereocenters. The molecule has 0 N–H and O–H groups in total. The van der Waals surface area contributed by atoms with Crippen LogP contribution in [0.5, 0.6) is 0 Å². The van der Waals surface area contributed by atoms with Gasteiger partial charge >= 0.3 is 0 Å². The van der Waals surface area contributed by atoms with Crippen molar-refractivity contribution in [1.29, 1.82) is 0 Å². The van der Waals surface area contributed by atoms with E-state index in [0.29, 0.717) is 46.9 Å². The Labute approximate surface area is 167 Å². The number of hydrogen-bond donors (Lipinski definition) is 0. The summed E-state index contributed by atoms with van der Waals surface area (Å²) >= 11 is 5.96. The maximum atomic E-state index is 13.2. The lowest BCUT2D eigenvalue weighted by Gasteiger charge is -2.36. The molecule has 7 heteroatoms. The van der Waals surface area contributed by atoms with Crippen LogP contribution >= 0.6 is 11.6 Å². The minimum absolute atomic E-state index is 0.141. The Morgan fingerprint density at radius 3 is 2.43 bits per heavy atom. The highest BCUT2D eigenvalue weighted by Gasteiger charge is 2.28. The number of piperazine rings is 1. The standard InChI is InChI=1S/C21H22ClN3O3/c1-3-23-9-8-17-19(21(23)27)18(14(2)28-17)20(26)25-12-10-24(11-13-25)16-6-4-15(22)5-7-16/h4-9H,3,10-13H2,1-2H3. The second-order valence-electron chi connectivity index (χ2n) is 6.94. The lowest BCUT2D eigenvalue weighted by Crippen LogP contribution is -2.49. The van der Waals surface area contributed by atoms with Crippen molar-refractivity contribution >= 4 is 34.2 Å². The van der Waals surface area contributed by atoms with Crippen LogP contribution in [0.4, 0.5) is 5.69 Å². The van der Waals surface area contributed by atoms with E-state index in [1.54, 1.807) is 28.7 Å². The summed E-state index contributed by atoms with van der Waals surface area (Å²) in [6, 6.07) is 9.46. The highest BCUT2D eigenvalue weighted by atomic mass is 35.5. The van der Waals surface area contributed by atoms with Crippen molar-refractivity contribution in [2.45, 2.75) is 20.4 Å². The number of hydrogen-bond acceptors (Lipinski definition) is 4. The summed E-state index contributed by atoms with van der Waals surface area (Å²) < 4.78 is 7.30. The third kappa shape index (κ3) is 3.18. The number of anilines is 1. The zero-order chi connectivity index (χ0) is 19.8. The zero-order valence-corrected chi connectivity index (χ0v) is 16.7. The van der Waals surface area contributed by atoms with Crippen molar-refractivity contribution in [1.82, 2.24) is 9.47 Å². The molecule has 1 aliphatic rings. The Hall–Kier alpha value is -2.73. The van der Waals surface area contributed by atoms with Gasteiger partial charge in [0.25, 0.3) is 11.5 Å². The van der Waals surface area contributed by atoms with Gasteiger partial charge in [-0.25, -0.2) is 0 Å². The summed E-state index contributed by atoms with van der Waals surface area (Å²) in [5.41, 5.74) is 1.77. The second-order valence-corrected chi connectivity index (χ2v) is 7.37. The van der Waals surface area contributed by atoms with Crippen LogP contribution in [0.1, 0.15) is 23.0 Å². The molecule has 1 saturated heterocycles. The van der Waals surface area contributed by atoms with Gasteiger partial charge in [0, 0.05) is 49.6 Å². The van der Waals surface area contributed by atoms with Crippen LogP contribution in [0.15, 0.2) is 45.7 Å². The van der Waals surface area contributed by atoms with Gasteiger partial charge in [-0.05, 0) is 44.2 Å². The van der Waals surface area contributed by atoms with Crippen LogP contribution in [0, 0.1) is 6.92 Å². The van der Waals surface area contributed by atoms with Gasteiger partial charge in [0.1, 0.15) is 11.3 Å². The molecule has 0 unspecified atom stereocenters. The lowest BCUT2D eigenvalue weighted by atomic mass is 10.1. The molecule has 1 amide bonds. The SMILES string of the molecule is CCn1ccc2oc(C)c(C(=O)N3CCN(c4ccc(Cl)cc4)CC3)c2c1=O. The van der Waals surface area contributed by atoms with Crippen LogP contribution in [0.25, 0.3) is 11.0 Å². The van der Waals surface area contributed by atoms with Crippen LogP contribution in [-0.4, -0.2) is 41.6 Å². The van der Waals surface area contributed by atoms with E-state index in [0.717, 1.165) is 18.8 Å².